The summed E-state index contributed by atoms with van der Waals surface area (Å²) in [6.45, 7) is 0.0545. The molecule has 0 saturated heterocycles. The van der Waals surface area contributed by atoms with Gasteiger partial charge in [0.2, 0.25) is 5.91 Å². The first-order chi connectivity index (χ1) is 13.0. The van der Waals surface area contributed by atoms with Crippen LogP contribution in [-0.2, 0) is 11.3 Å². The van der Waals surface area contributed by atoms with Gasteiger partial charge in [-0.1, -0.05) is 32.6 Å². The van der Waals surface area contributed by atoms with E-state index in [0.717, 1.165) is 21.6 Å². The third kappa shape index (κ3) is 5.18. The van der Waals surface area contributed by atoms with Crippen LogP contribution in [0.1, 0.15) is 16.1 Å². The summed E-state index contributed by atoms with van der Waals surface area (Å²) >= 11 is 4.41. The lowest BCUT2D eigenvalue weighted by atomic mass is 10.2. The van der Waals surface area contributed by atoms with Crippen LogP contribution in [0.2, 0.25) is 0 Å². The summed E-state index contributed by atoms with van der Waals surface area (Å²) in [7, 11) is 0. The van der Waals surface area contributed by atoms with Gasteiger partial charge >= 0.3 is 0 Å². The maximum Gasteiger partial charge on any atom is 0.280 e. The van der Waals surface area contributed by atoms with Crippen LogP contribution in [0.5, 0.6) is 0 Å². The Bertz CT molecular complexity index is 918. The van der Waals surface area contributed by atoms with Gasteiger partial charge in [0.25, 0.3) is 5.91 Å². The van der Waals surface area contributed by atoms with Crippen molar-refractivity contribution >= 4 is 45.0 Å². The van der Waals surface area contributed by atoms with Gasteiger partial charge in [-0.25, -0.2) is 4.39 Å². The highest BCUT2D eigenvalue weighted by molar-refractivity contribution is 9.10. The van der Waals surface area contributed by atoms with E-state index in [4.69, 9.17) is 0 Å². The lowest BCUT2D eigenvalue weighted by Crippen LogP contribution is -2.40. The van der Waals surface area contributed by atoms with E-state index in [1.54, 1.807) is 36.4 Å². The first-order valence-corrected chi connectivity index (χ1v) is 9.51. The molecular weight excluding hydrogens is 435 g/mol. The molecule has 6 nitrogen and oxygen atoms in total. The number of hydrogen-bond donors (Lipinski definition) is 1. The summed E-state index contributed by atoms with van der Waals surface area (Å²) in [5, 5.41) is 8.05. The van der Waals surface area contributed by atoms with Crippen LogP contribution in [0.4, 0.5) is 10.1 Å². The first kappa shape index (κ1) is 19.1. The Kier molecular flexibility index (Phi) is 6.25. The second kappa shape index (κ2) is 8.83. The normalized spacial score (nSPS) is 10.4. The maximum absolute atomic E-state index is 13.0. The Labute approximate surface area is 167 Å². The molecule has 3 rings (SSSR count). The Morgan fingerprint density at radius 2 is 1.81 bits per heavy atom. The van der Waals surface area contributed by atoms with Crippen molar-refractivity contribution in [2.45, 2.75) is 6.54 Å². The molecule has 1 N–H and O–H groups in total. The van der Waals surface area contributed by atoms with Crippen molar-refractivity contribution in [3.63, 3.8) is 0 Å². The van der Waals surface area contributed by atoms with Gasteiger partial charge in [-0.2, -0.15) is 0 Å². The number of hydrogen-bond acceptors (Lipinski definition) is 5. The van der Waals surface area contributed by atoms with Crippen LogP contribution < -0.4 is 10.2 Å². The molecular formula is C18H14BrFN4O2S. The summed E-state index contributed by atoms with van der Waals surface area (Å²) in [5.41, 5.74) is 1.50. The van der Waals surface area contributed by atoms with Gasteiger partial charge in [-0.3, -0.25) is 14.5 Å². The molecule has 0 radical (unpaired) electrons. The number of benzene rings is 2. The minimum absolute atomic E-state index is 0.175. The van der Waals surface area contributed by atoms with Crippen LogP contribution in [0.15, 0.2) is 58.4 Å². The number of nitrogens with one attached hydrogen (secondary N) is 1. The third-order valence-corrected chi connectivity index (χ3v) is 4.70. The zero-order valence-electron chi connectivity index (χ0n) is 13.9. The number of carbonyl (C=O) groups excluding carboxylic acids is 2. The topological polar surface area (TPSA) is 75.2 Å². The number of carbonyl (C=O) groups is 2. The van der Waals surface area contributed by atoms with Crippen molar-refractivity contribution in [1.82, 2.24) is 14.9 Å². The zero-order chi connectivity index (χ0) is 19.2. The van der Waals surface area contributed by atoms with Crippen molar-refractivity contribution in [3.05, 3.63) is 75.5 Å². The highest BCUT2D eigenvalue weighted by Gasteiger charge is 2.22. The molecule has 0 unspecified atom stereocenters. The maximum atomic E-state index is 13.0. The van der Waals surface area contributed by atoms with E-state index >= 15 is 0 Å². The van der Waals surface area contributed by atoms with Gasteiger partial charge in [-0.05, 0) is 53.5 Å². The lowest BCUT2D eigenvalue weighted by molar-refractivity contribution is -0.119. The molecule has 1 aromatic heterocycles. The van der Waals surface area contributed by atoms with Crippen molar-refractivity contribution in [1.29, 1.82) is 0 Å². The van der Waals surface area contributed by atoms with Gasteiger partial charge in [0.1, 0.15) is 12.4 Å². The Morgan fingerprint density at radius 3 is 2.44 bits per heavy atom. The molecule has 0 aliphatic carbocycles. The molecule has 1 heterocycles. The average Bonchev–Trinajstić information content (AvgIpc) is 3.21. The van der Waals surface area contributed by atoms with Gasteiger partial charge in [0, 0.05) is 22.1 Å². The molecule has 2 amide bonds. The number of amides is 2. The first-order valence-electron chi connectivity index (χ1n) is 7.88. The Hall–Kier alpha value is -2.65. The van der Waals surface area contributed by atoms with Gasteiger partial charge < -0.3 is 5.32 Å². The van der Waals surface area contributed by atoms with E-state index in [9.17, 15) is 14.0 Å². The molecule has 138 valence electrons. The predicted octanol–water partition coefficient (Wildman–Crippen LogP) is 3.40. The van der Waals surface area contributed by atoms with E-state index in [2.05, 4.69) is 30.8 Å². The second-order valence-corrected chi connectivity index (χ2v) is 7.09. The minimum Gasteiger partial charge on any atom is -0.350 e. The molecule has 0 aliphatic heterocycles. The fourth-order valence-corrected chi connectivity index (χ4v) is 2.99. The molecule has 2 aromatic carbocycles. The number of aromatic nitrogens is 2. The number of halogens is 2. The van der Waals surface area contributed by atoms with Crippen molar-refractivity contribution in [2.24, 2.45) is 0 Å². The Morgan fingerprint density at radius 1 is 1.11 bits per heavy atom. The number of nitrogens with zero attached hydrogens (tertiary/aromatic N) is 3. The molecule has 0 saturated carbocycles. The minimum atomic E-state index is -0.414. The van der Waals surface area contributed by atoms with E-state index in [1.807, 2.05) is 0 Å². The predicted molar refractivity (Wildman–Crippen MR) is 104 cm³/mol. The fraction of sp³-hybridized carbons (Fsp3) is 0.111. The van der Waals surface area contributed by atoms with Crippen LogP contribution in [-0.4, -0.2) is 27.9 Å². The summed E-state index contributed by atoms with van der Waals surface area (Å²) in [6.07, 6.45) is 0. The summed E-state index contributed by atoms with van der Waals surface area (Å²) in [4.78, 5) is 26.5. The molecule has 0 fully saturated rings. The molecule has 0 spiro atoms. The van der Waals surface area contributed by atoms with Crippen LogP contribution in [0.3, 0.4) is 0 Å². The molecule has 0 aliphatic rings. The third-order valence-electron chi connectivity index (χ3n) is 3.67. The van der Waals surface area contributed by atoms with E-state index in [-0.39, 0.29) is 30.5 Å². The number of anilines is 1. The van der Waals surface area contributed by atoms with Gasteiger partial charge in [-0.15, -0.1) is 5.10 Å². The SMILES string of the molecule is O=C(CN(C(=O)c1csnn1)c1ccc(Br)cc1)NCc1ccc(F)cc1. The number of rotatable bonds is 6. The summed E-state index contributed by atoms with van der Waals surface area (Å²) in [5.74, 6) is -1.10. The fourth-order valence-electron chi connectivity index (χ4n) is 2.30. The van der Waals surface area contributed by atoms with E-state index in [1.165, 1.54) is 22.4 Å². The van der Waals surface area contributed by atoms with E-state index < -0.39 is 5.91 Å². The molecule has 0 bridgehead atoms. The van der Waals surface area contributed by atoms with Gasteiger partial charge in [0.15, 0.2) is 5.69 Å². The molecule has 9 heteroatoms. The van der Waals surface area contributed by atoms with Crippen molar-refractivity contribution in [2.75, 3.05) is 11.4 Å². The van der Waals surface area contributed by atoms with Gasteiger partial charge in [0.05, 0.1) is 0 Å². The second-order valence-electron chi connectivity index (χ2n) is 5.56. The molecule has 0 atom stereocenters. The van der Waals surface area contributed by atoms with Crippen molar-refractivity contribution < 1.29 is 14.0 Å². The largest absolute Gasteiger partial charge is 0.350 e. The van der Waals surface area contributed by atoms with Crippen LogP contribution in [0, 0.1) is 5.82 Å². The quantitative estimate of drug-likeness (QED) is 0.626. The van der Waals surface area contributed by atoms with Crippen LogP contribution in [0.25, 0.3) is 0 Å². The van der Waals surface area contributed by atoms with Crippen LogP contribution >= 0.6 is 27.5 Å². The average molecular weight is 449 g/mol. The van der Waals surface area contributed by atoms with E-state index in [0.29, 0.717) is 5.69 Å². The Balaban J connectivity index is 1.72. The summed E-state index contributed by atoms with van der Waals surface area (Å²) < 4.78 is 17.5. The zero-order valence-corrected chi connectivity index (χ0v) is 16.3. The van der Waals surface area contributed by atoms with Crippen molar-refractivity contribution in [3.8, 4) is 0 Å². The standard InChI is InChI=1S/C18H14BrFN4O2S/c19-13-3-7-15(8-4-13)24(18(26)16-11-27-23-22-16)10-17(25)21-9-12-1-5-14(20)6-2-12/h1-8,11H,9-10H2,(H,21,25). The monoisotopic (exact) mass is 448 g/mol. The highest BCUT2D eigenvalue weighted by atomic mass is 79.9. The lowest BCUT2D eigenvalue weighted by Gasteiger charge is -2.21. The summed E-state index contributed by atoms with van der Waals surface area (Å²) in [6, 6.07) is 12.9. The smallest absolute Gasteiger partial charge is 0.280 e. The molecule has 27 heavy (non-hydrogen) atoms. The molecule has 3 aromatic rings. The highest BCUT2D eigenvalue weighted by Crippen LogP contribution is 2.20.